The van der Waals surface area contributed by atoms with Crippen molar-refractivity contribution in [2.45, 2.75) is 25.0 Å². The summed E-state index contributed by atoms with van der Waals surface area (Å²) in [6.07, 6.45) is 0.620. The summed E-state index contributed by atoms with van der Waals surface area (Å²) in [5, 5.41) is 19.4. The van der Waals surface area contributed by atoms with Crippen LogP contribution in [0.5, 0.6) is 0 Å². The van der Waals surface area contributed by atoms with E-state index in [1.165, 1.54) is 12.8 Å². The van der Waals surface area contributed by atoms with E-state index in [1.807, 2.05) is 24.3 Å². The first-order valence-corrected chi connectivity index (χ1v) is 6.53. The first-order valence-electron chi connectivity index (χ1n) is 5.99. The first-order chi connectivity index (χ1) is 8.22. The van der Waals surface area contributed by atoms with E-state index in [0.717, 1.165) is 24.3 Å². The van der Waals surface area contributed by atoms with Crippen molar-refractivity contribution in [2.24, 2.45) is 0 Å². The van der Waals surface area contributed by atoms with Crippen LogP contribution in [-0.4, -0.2) is 35.3 Å². The van der Waals surface area contributed by atoms with Crippen molar-refractivity contribution in [1.29, 1.82) is 0 Å². The lowest BCUT2D eigenvalue weighted by Gasteiger charge is -2.21. The van der Waals surface area contributed by atoms with Crippen molar-refractivity contribution in [2.75, 3.05) is 23.9 Å². The molecule has 2 rings (SSSR count). The normalized spacial score (nSPS) is 19.4. The van der Waals surface area contributed by atoms with Crippen molar-refractivity contribution in [3.63, 3.8) is 0 Å². The van der Waals surface area contributed by atoms with Crippen LogP contribution in [0.25, 0.3) is 0 Å². The monoisotopic (exact) mass is 255 g/mol. The molecule has 1 aromatic carbocycles. The molecule has 0 spiro atoms. The van der Waals surface area contributed by atoms with Crippen molar-refractivity contribution >= 4 is 17.3 Å². The van der Waals surface area contributed by atoms with Gasteiger partial charge in [-0.05, 0) is 30.5 Å². The Morgan fingerprint density at radius 1 is 1.24 bits per heavy atom. The quantitative estimate of drug-likeness (QED) is 0.808. The third kappa shape index (κ3) is 2.92. The van der Waals surface area contributed by atoms with Crippen LogP contribution in [0.3, 0.4) is 0 Å². The van der Waals surface area contributed by atoms with Gasteiger partial charge in [0.2, 0.25) is 0 Å². The van der Waals surface area contributed by atoms with Gasteiger partial charge < -0.3 is 15.1 Å². The van der Waals surface area contributed by atoms with E-state index < -0.39 is 12.2 Å². The summed E-state index contributed by atoms with van der Waals surface area (Å²) < 4.78 is 0. The molecule has 0 aromatic heterocycles. The molecule has 0 bridgehead atoms. The lowest BCUT2D eigenvalue weighted by atomic mass is 10.0. The van der Waals surface area contributed by atoms with Crippen LogP contribution in [0.4, 0.5) is 5.69 Å². The SMILES string of the molecule is OC(CCl)C(O)c1cccc(N2CCCC2)c1. The van der Waals surface area contributed by atoms with E-state index in [2.05, 4.69) is 4.90 Å². The van der Waals surface area contributed by atoms with Crippen LogP contribution in [0.1, 0.15) is 24.5 Å². The maximum atomic E-state index is 9.90. The number of hydrogen-bond acceptors (Lipinski definition) is 3. The third-order valence-electron chi connectivity index (χ3n) is 3.21. The maximum absolute atomic E-state index is 9.90. The molecule has 1 aliphatic rings. The van der Waals surface area contributed by atoms with Gasteiger partial charge in [0.1, 0.15) is 6.10 Å². The fraction of sp³-hybridized carbons (Fsp3) is 0.538. The highest BCUT2D eigenvalue weighted by Crippen LogP contribution is 2.25. The van der Waals surface area contributed by atoms with E-state index >= 15 is 0 Å². The number of benzene rings is 1. The standard InChI is InChI=1S/C13H18ClNO2/c14-9-12(16)13(17)10-4-3-5-11(8-10)15-6-1-2-7-15/h3-5,8,12-13,16-17H,1-2,6-7,9H2. The molecule has 0 aliphatic carbocycles. The Bertz CT molecular complexity index is 366. The molecule has 94 valence electrons. The topological polar surface area (TPSA) is 43.7 Å². The predicted molar refractivity (Wildman–Crippen MR) is 69.6 cm³/mol. The lowest BCUT2D eigenvalue weighted by molar-refractivity contribution is 0.0327. The van der Waals surface area contributed by atoms with Crippen LogP contribution in [0.15, 0.2) is 24.3 Å². The van der Waals surface area contributed by atoms with Gasteiger partial charge in [0, 0.05) is 18.8 Å². The van der Waals surface area contributed by atoms with E-state index in [4.69, 9.17) is 11.6 Å². The zero-order valence-electron chi connectivity index (χ0n) is 9.72. The van der Waals surface area contributed by atoms with Crippen molar-refractivity contribution in [3.8, 4) is 0 Å². The summed E-state index contributed by atoms with van der Waals surface area (Å²) in [4.78, 5) is 2.29. The maximum Gasteiger partial charge on any atom is 0.106 e. The molecule has 1 aliphatic heterocycles. The Balaban J connectivity index is 2.15. The van der Waals surface area contributed by atoms with Gasteiger partial charge in [-0.1, -0.05) is 12.1 Å². The van der Waals surface area contributed by atoms with Gasteiger partial charge in [-0.15, -0.1) is 11.6 Å². The van der Waals surface area contributed by atoms with Gasteiger partial charge in [0.25, 0.3) is 0 Å². The van der Waals surface area contributed by atoms with Crippen LogP contribution >= 0.6 is 11.6 Å². The van der Waals surface area contributed by atoms with Gasteiger partial charge >= 0.3 is 0 Å². The number of alkyl halides is 1. The molecular formula is C13H18ClNO2. The molecule has 0 amide bonds. The average Bonchev–Trinajstić information content (AvgIpc) is 2.91. The molecule has 3 nitrogen and oxygen atoms in total. The Hall–Kier alpha value is -0.770. The summed E-state index contributed by atoms with van der Waals surface area (Å²) >= 11 is 5.54. The van der Waals surface area contributed by atoms with Gasteiger partial charge in [0.05, 0.1) is 12.0 Å². The highest BCUT2D eigenvalue weighted by molar-refractivity contribution is 6.18. The summed E-state index contributed by atoms with van der Waals surface area (Å²) in [7, 11) is 0. The summed E-state index contributed by atoms with van der Waals surface area (Å²) in [5.41, 5.74) is 1.84. The molecule has 1 saturated heterocycles. The zero-order valence-corrected chi connectivity index (χ0v) is 10.5. The number of hydrogen-bond donors (Lipinski definition) is 2. The van der Waals surface area contributed by atoms with Gasteiger partial charge in [-0.2, -0.15) is 0 Å². The van der Waals surface area contributed by atoms with Crippen molar-refractivity contribution in [3.05, 3.63) is 29.8 Å². The molecule has 2 atom stereocenters. The third-order valence-corrected chi connectivity index (χ3v) is 3.52. The zero-order chi connectivity index (χ0) is 12.3. The molecule has 0 radical (unpaired) electrons. The van der Waals surface area contributed by atoms with Crippen LogP contribution in [0, 0.1) is 0 Å². The number of aliphatic hydroxyl groups is 2. The molecule has 2 unspecified atom stereocenters. The minimum atomic E-state index is -0.912. The minimum absolute atomic E-state index is 0.0368. The second-order valence-electron chi connectivity index (χ2n) is 4.46. The van der Waals surface area contributed by atoms with Gasteiger partial charge in [-0.3, -0.25) is 0 Å². The second kappa shape index (κ2) is 5.71. The molecule has 1 heterocycles. The Labute approximate surface area is 107 Å². The van der Waals surface area contributed by atoms with E-state index in [9.17, 15) is 10.2 Å². The number of aliphatic hydroxyl groups excluding tert-OH is 2. The summed E-state index contributed by atoms with van der Waals surface area (Å²) in [6.45, 7) is 2.13. The number of halogens is 1. The van der Waals surface area contributed by atoms with Gasteiger partial charge in [-0.25, -0.2) is 0 Å². The Kier molecular flexibility index (Phi) is 4.26. The smallest absolute Gasteiger partial charge is 0.106 e. The predicted octanol–water partition coefficient (Wildman–Crippen LogP) is 1.92. The fourth-order valence-corrected chi connectivity index (χ4v) is 2.36. The Morgan fingerprint density at radius 3 is 2.59 bits per heavy atom. The highest BCUT2D eigenvalue weighted by atomic mass is 35.5. The number of nitrogens with zero attached hydrogens (tertiary/aromatic N) is 1. The molecular weight excluding hydrogens is 238 g/mol. The molecule has 17 heavy (non-hydrogen) atoms. The lowest BCUT2D eigenvalue weighted by Crippen LogP contribution is -2.21. The second-order valence-corrected chi connectivity index (χ2v) is 4.76. The number of anilines is 1. The van der Waals surface area contributed by atoms with Gasteiger partial charge in [0.15, 0.2) is 0 Å². The minimum Gasteiger partial charge on any atom is -0.389 e. The molecule has 0 saturated carbocycles. The molecule has 1 fully saturated rings. The van der Waals surface area contributed by atoms with Crippen LogP contribution in [0.2, 0.25) is 0 Å². The number of rotatable bonds is 4. The molecule has 2 N–H and O–H groups in total. The Morgan fingerprint density at radius 2 is 1.94 bits per heavy atom. The van der Waals surface area contributed by atoms with E-state index in [0.29, 0.717) is 0 Å². The first kappa shape index (κ1) is 12.7. The van der Waals surface area contributed by atoms with Crippen molar-refractivity contribution < 1.29 is 10.2 Å². The molecule has 4 heteroatoms. The average molecular weight is 256 g/mol. The summed E-state index contributed by atoms with van der Waals surface area (Å²) in [6, 6.07) is 7.70. The van der Waals surface area contributed by atoms with Crippen LogP contribution < -0.4 is 4.90 Å². The highest BCUT2D eigenvalue weighted by Gasteiger charge is 2.19. The summed E-state index contributed by atoms with van der Waals surface area (Å²) in [5.74, 6) is 0.0368. The largest absolute Gasteiger partial charge is 0.389 e. The van der Waals surface area contributed by atoms with E-state index in [-0.39, 0.29) is 5.88 Å². The van der Waals surface area contributed by atoms with E-state index in [1.54, 1.807) is 0 Å². The fourth-order valence-electron chi connectivity index (χ4n) is 2.19. The molecule has 1 aromatic rings. The van der Waals surface area contributed by atoms with Crippen molar-refractivity contribution in [1.82, 2.24) is 0 Å². The van der Waals surface area contributed by atoms with Crippen LogP contribution in [-0.2, 0) is 0 Å².